The molecule has 1 heterocycles. The van der Waals surface area contributed by atoms with Crippen molar-refractivity contribution in [2.75, 3.05) is 18.5 Å². The zero-order valence-electron chi connectivity index (χ0n) is 7.24. The predicted molar refractivity (Wildman–Crippen MR) is 50.6 cm³/mol. The smallest absolute Gasteiger partial charge is 0.131 e. The zero-order valence-corrected chi connectivity index (χ0v) is 7.99. The largest absolute Gasteiger partial charge is 0.358 e. The lowest BCUT2D eigenvalue weighted by atomic mass is 10.4. The van der Waals surface area contributed by atoms with Gasteiger partial charge in [0.2, 0.25) is 0 Å². The van der Waals surface area contributed by atoms with Crippen LogP contribution in [0, 0.1) is 0 Å². The fourth-order valence-corrected chi connectivity index (χ4v) is 1.19. The molecule has 12 heavy (non-hydrogen) atoms. The van der Waals surface area contributed by atoms with Crippen molar-refractivity contribution in [2.24, 2.45) is 0 Å². The van der Waals surface area contributed by atoms with Gasteiger partial charge in [-0.1, -0.05) is 0 Å². The van der Waals surface area contributed by atoms with E-state index in [0.717, 1.165) is 12.4 Å². The quantitative estimate of drug-likeness (QED) is 0.669. The average molecular weight is 186 g/mol. The SMILES string of the molecule is CC(Cl)CN(C)c1ccncn1. The van der Waals surface area contributed by atoms with Gasteiger partial charge in [0.1, 0.15) is 12.1 Å². The van der Waals surface area contributed by atoms with Gasteiger partial charge in [0.25, 0.3) is 0 Å². The summed E-state index contributed by atoms with van der Waals surface area (Å²) in [7, 11) is 1.96. The van der Waals surface area contributed by atoms with Crippen LogP contribution < -0.4 is 4.90 Å². The topological polar surface area (TPSA) is 29.0 Å². The molecule has 1 atom stereocenters. The number of alkyl halides is 1. The standard InChI is InChI=1S/C8H12ClN3/c1-7(9)5-12(2)8-3-4-10-6-11-8/h3-4,6-7H,5H2,1-2H3. The van der Waals surface area contributed by atoms with Crippen LogP contribution in [0.2, 0.25) is 0 Å². The molecule has 0 aromatic carbocycles. The molecule has 1 aromatic rings. The number of hydrogen-bond acceptors (Lipinski definition) is 3. The van der Waals surface area contributed by atoms with E-state index in [4.69, 9.17) is 11.6 Å². The molecule has 3 nitrogen and oxygen atoms in total. The summed E-state index contributed by atoms with van der Waals surface area (Å²) in [5.74, 6) is 0.900. The third-order valence-electron chi connectivity index (χ3n) is 1.48. The Kier molecular flexibility index (Phi) is 3.29. The molecule has 0 saturated carbocycles. The molecule has 0 aliphatic rings. The average Bonchev–Trinajstić information content (AvgIpc) is 2.05. The van der Waals surface area contributed by atoms with Crippen LogP contribution in [-0.4, -0.2) is 28.9 Å². The van der Waals surface area contributed by atoms with E-state index in [1.807, 2.05) is 24.9 Å². The predicted octanol–water partition coefficient (Wildman–Crippen LogP) is 1.54. The van der Waals surface area contributed by atoms with Crippen LogP contribution in [0.1, 0.15) is 6.92 Å². The van der Waals surface area contributed by atoms with E-state index in [0.29, 0.717) is 0 Å². The van der Waals surface area contributed by atoms with Gasteiger partial charge in [-0.2, -0.15) is 0 Å². The van der Waals surface area contributed by atoms with Gasteiger partial charge < -0.3 is 4.90 Å². The highest BCUT2D eigenvalue weighted by Crippen LogP contribution is 2.07. The Hall–Kier alpha value is -0.830. The Morgan fingerprint density at radius 3 is 2.92 bits per heavy atom. The van der Waals surface area contributed by atoms with Gasteiger partial charge >= 0.3 is 0 Å². The van der Waals surface area contributed by atoms with Crippen LogP contribution in [0.25, 0.3) is 0 Å². The van der Waals surface area contributed by atoms with Crippen molar-refractivity contribution in [3.05, 3.63) is 18.6 Å². The minimum atomic E-state index is 0.130. The fourth-order valence-electron chi connectivity index (χ4n) is 0.980. The van der Waals surface area contributed by atoms with Crippen LogP contribution in [0.5, 0.6) is 0 Å². The highest BCUT2D eigenvalue weighted by atomic mass is 35.5. The maximum atomic E-state index is 5.84. The Balaban J connectivity index is 2.59. The number of aromatic nitrogens is 2. The zero-order chi connectivity index (χ0) is 8.97. The van der Waals surface area contributed by atoms with E-state index >= 15 is 0 Å². The van der Waals surface area contributed by atoms with Gasteiger partial charge in [0.15, 0.2) is 0 Å². The molecule has 66 valence electrons. The summed E-state index contributed by atoms with van der Waals surface area (Å²) in [5, 5.41) is 0.130. The second-order valence-electron chi connectivity index (χ2n) is 2.73. The van der Waals surface area contributed by atoms with Crippen molar-refractivity contribution in [1.82, 2.24) is 9.97 Å². The molecule has 0 spiro atoms. The Bertz CT molecular complexity index is 225. The van der Waals surface area contributed by atoms with Crippen LogP contribution in [-0.2, 0) is 0 Å². The van der Waals surface area contributed by atoms with Crippen molar-refractivity contribution in [3.8, 4) is 0 Å². The lowest BCUT2D eigenvalue weighted by Gasteiger charge is -2.18. The van der Waals surface area contributed by atoms with Gasteiger partial charge in [0, 0.05) is 25.2 Å². The van der Waals surface area contributed by atoms with Gasteiger partial charge in [-0.3, -0.25) is 0 Å². The third kappa shape index (κ3) is 2.66. The summed E-state index contributed by atoms with van der Waals surface area (Å²) in [6.07, 6.45) is 3.25. The fraction of sp³-hybridized carbons (Fsp3) is 0.500. The first-order valence-corrected chi connectivity index (χ1v) is 4.25. The maximum absolute atomic E-state index is 5.84. The number of nitrogens with zero attached hydrogens (tertiary/aromatic N) is 3. The first-order chi connectivity index (χ1) is 5.70. The summed E-state index contributed by atoms with van der Waals surface area (Å²) < 4.78 is 0. The van der Waals surface area contributed by atoms with E-state index < -0.39 is 0 Å². The number of halogens is 1. The molecule has 0 N–H and O–H groups in total. The molecule has 0 bridgehead atoms. The number of rotatable bonds is 3. The molecule has 4 heteroatoms. The highest BCUT2D eigenvalue weighted by molar-refractivity contribution is 6.20. The lowest BCUT2D eigenvalue weighted by Crippen LogP contribution is -2.24. The van der Waals surface area contributed by atoms with Crippen molar-refractivity contribution in [3.63, 3.8) is 0 Å². The maximum Gasteiger partial charge on any atom is 0.131 e. The van der Waals surface area contributed by atoms with E-state index in [1.54, 1.807) is 6.20 Å². The summed E-state index contributed by atoms with van der Waals surface area (Å²) in [5.41, 5.74) is 0. The Labute approximate surface area is 77.4 Å². The molecule has 1 unspecified atom stereocenters. The lowest BCUT2D eigenvalue weighted by molar-refractivity contribution is 0.841. The molecule has 1 rings (SSSR count). The second kappa shape index (κ2) is 4.26. The van der Waals surface area contributed by atoms with Gasteiger partial charge in [-0.05, 0) is 13.0 Å². The minimum Gasteiger partial charge on any atom is -0.358 e. The molecular weight excluding hydrogens is 174 g/mol. The Morgan fingerprint density at radius 1 is 1.67 bits per heavy atom. The van der Waals surface area contributed by atoms with E-state index in [2.05, 4.69) is 9.97 Å². The van der Waals surface area contributed by atoms with Gasteiger partial charge in [0.05, 0.1) is 0 Å². The number of hydrogen-bond donors (Lipinski definition) is 0. The molecule has 0 saturated heterocycles. The summed E-state index contributed by atoms with van der Waals surface area (Å²) in [4.78, 5) is 9.92. The summed E-state index contributed by atoms with van der Waals surface area (Å²) >= 11 is 5.84. The monoisotopic (exact) mass is 185 g/mol. The molecule has 0 aliphatic carbocycles. The van der Waals surface area contributed by atoms with Crippen molar-refractivity contribution < 1.29 is 0 Å². The van der Waals surface area contributed by atoms with Gasteiger partial charge in [-0.25, -0.2) is 9.97 Å². The molecular formula is C8H12ClN3. The van der Waals surface area contributed by atoms with E-state index in [1.165, 1.54) is 6.33 Å². The van der Waals surface area contributed by atoms with Crippen molar-refractivity contribution >= 4 is 17.4 Å². The Morgan fingerprint density at radius 2 is 2.42 bits per heavy atom. The molecule has 0 amide bonds. The van der Waals surface area contributed by atoms with Crippen molar-refractivity contribution in [2.45, 2.75) is 12.3 Å². The number of anilines is 1. The van der Waals surface area contributed by atoms with E-state index in [-0.39, 0.29) is 5.38 Å². The molecule has 1 aromatic heterocycles. The third-order valence-corrected chi connectivity index (χ3v) is 1.62. The molecule has 0 fully saturated rings. The molecule has 0 aliphatic heterocycles. The van der Waals surface area contributed by atoms with Crippen molar-refractivity contribution in [1.29, 1.82) is 0 Å². The first kappa shape index (κ1) is 9.26. The van der Waals surface area contributed by atoms with Gasteiger partial charge in [-0.15, -0.1) is 11.6 Å². The van der Waals surface area contributed by atoms with Crippen LogP contribution in [0.3, 0.4) is 0 Å². The van der Waals surface area contributed by atoms with Crippen LogP contribution in [0.4, 0.5) is 5.82 Å². The van der Waals surface area contributed by atoms with E-state index in [9.17, 15) is 0 Å². The summed E-state index contributed by atoms with van der Waals surface area (Å²) in [6, 6.07) is 1.86. The minimum absolute atomic E-state index is 0.130. The van der Waals surface area contributed by atoms with Crippen LogP contribution in [0.15, 0.2) is 18.6 Å². The normalized spacial score (nSPS) is 12.6. The van der Waals surface area contributed by atoms with Crippen LogP contribution >= 0.6 is 11.6 Å². The second-order valence-corrected chi connectivity index (χ2v) is 3.47. The first-order valence-electron chi connectivity index (χ1n) is 3.81. The summed E-state index contributed by atoms with van der Waals surface area (Å²) in [6.45, 7) is 2.75. The highest BCUT2D eigenvalue weighted by Gasteiger charge is 2.04. The molecule has 0 radical (unpaired) electrons.